The number of sulfone groups is 1. The highest BCUT2D eigenvalue weighted by Crippen LogP contribution is 2.22. The van der Waals surface area contributed by atoms with Crippen LogP contribution in [-0.4, -0.2) is 26.5 Å². The molecule has 96 valence electrons. The van der Waals surface area contributed by atoms with Gasteiger partial charge in [0.05, 0.1) is 12.4 Å². The van der Waals surface area contributed by atoms with Crippen molar-refractivity contribution in [1.82, 2.24) is 0 Å². The number of para-hydroxylation sites is 1. The van der Waals surface area contributed by atoms with Gasteiger partial charge in [0.25, 0.3) is 0 Å². The van der Waals surface area contributed by atoms with E-state index in [-0.39, 0.29) is 11.5 Å². The van der Waals surface area contributed by atoms with E-state index in [2.05, 4.69) is 0 Å². The van der Waals surface area contributed by atoms with Crippen LogP contribution in [0.5, 0.6) is 5.75 Å². The smallest absolute Gasteiger partial charge is 0.150 e. The minimum atomic E-state index is -2.87. The summed E-state index contributed by atoms with van der Waals surface area (Å²) in [6, 6.07) is 5.97. The van der Waals surface area contributed by atoms with Crippen molar-refractivity contribution in [3.8, 4) is 5.75 Å². The van der Waals surface area contributed by atoms with Crippen LogP contribution in [0.3, 0.4) is 0 Å². The molecule has 0 saturated carbocycles. The van der Waals surface area contributed by atoms with Crippen LogP contribution in [0, 0.1) is 13.8 Å². The summed E-state index contributed by atoms with van der Waals surface area (Å²) in [6.45, 7) is 6.10. The van der Waals surface area contributed by atoms with Crippen LogP contribution in [0.15, 0.2) is 18.2 Å². The fourth-order valence-corrected chi connectivity index (χ4v) is 2.47. The Morgan fingerprint density at radius 3 is 2.29 bits per heavy atom. The zero-order chi connectivity index (χ0) is 12.9. The first-order valence-corrected chi connectivity index (χ1v) is 7.68. The van der Waals surface area contributed by atoms with Crippen molar-refractivity contribution >= 4 is 9.84 Å². The van der Waals surface area contributed by atoms with Gasteiger partial charge in [0.2, 0.25) is 0 Å². The molecule has 1 aromatic rings. The van der Waals surface area contributed by atoms with Gasteiger partial charge in [-0.3, -0.25) is 0 Å². The zero-order valence-corrected chi connectivity index (χ0v) is 11.5. The third-order valence-electron chi connectivity index (χ3n) is 2.69. The summed E-state index contributed by atoms with van der Waals surface area (Å²) in [5.74, 6) is 1.28. The highest BCUT2D eigenvalue weighted by Gasteiger charge is 2.08. The molecule has 0 aliphatic heterocycles. The highest BCUT2D eigenvalue weighted by molar-refractivity contribution is 7.91. The number of benzene rings is 1. The van der Waals surface area contributed by atoms with Gasteiger partial charge in [-0.25, -0.2) is 8.42 Å². The molecule has 0 saturated heterocycles. The second-order valence-electron chi connectivity index (χ2n) is 4.16. The van der Waals surface area contributed by atoms with Crippen molar-refractivity contribution in [2.45, 2.75) is 27.2 Å². The highest BCUT2D eigenvalue weighted by atomic mass is 32.2. The van der Waals surface area contributed by atoms with E-state index in [4.69, 9.17) is 4.74 Å². The van der Waals surface area contributed by atoms with Gasteiger partial charge in [-0.1, -0.05) is 25.1 Å². The molecule has 1 rings (SSSR count). The van der Waals surface area contributed by atoms with Crippen LogP contribution >= 0.6 is 0 Å². The number of ether oxygens (including phenoxy) is 1. The van der Waals surface area contributed by atoms with Gasteiger partial charge in [0, 0.05) is 5.75 Å². The van der Waals surface area contributed by atoms with Crippen molar-refractivity contribution < 1.29 is 13.2 Å². The van der Waals surface area contributed by atoms with E-state index in [1.807, 2.05) is 32.0 Å². The molecule has 0 N–H and O–H groups in total. The van der Waals surface area contributed by atoms with E-state index in [9.17, 15) is 8.42 Å². The van der Waals surface area contributed by atoms with Crippen LogP contribution in [0.2, 0.25) is 0 Å². The Hall–Kier alpha value is -1.03. The molecule has 4 heteroatoms. The molecule has 0 fully saturated rings. The van der Waals surface area contributed by atoms with Crippen LogP contribution in [0.4, 0.5) is 0 Å². The third kappa shape index (κ3) is 4.38. The summed E-state index contributed by atoms with van der Waals surface area (Å²) < 4.78 is 28.2. The van der Waals surface area contributed by atoms with E-state index in [0.29, 0.717) is 13.0 Å². The predicted molar refractivity (Wildman–Crippen MR) is 70.4 cm³/mol. The van der Waals surface area contributed by atoms with Crippen molar-refractivity contribution in [1.29, 1.82) is 0 Å². The minimum Gasteiger partial charge on any atom is -0.493 e. The van der Waals surface area contributed by atoms with E-state index in [1.165, 1.54) is 0 Å². The number of rotatable bonds is 6. The van der Waals surface area contributed by atoms with Crippen LogP contribution < -0.4 is 4.74 Å². The standard InChI is InChI=1S/C13H20O3S/c1-4-17(14,15)10-6-9-16-13-11(2)7-5-8-12(13)3/h5,7-8H,4,6,9-10H2,1-3H3. The average Bonchev–Trinajstić information content (AvgIpc) is 2.27. The first kappa shape index (κ1) is 14.0. The van der Waals surface area contributed by atoms with Gasteiger partial charge in [0.1, 0.15) is 15.6 Å². The molecule has 17 heavy (non-hydrogen) atoms. The van der Waals surface area contributed by atoms with Crippen molar-refractivity contribution in [2.24, 2.45) is 0 Å². The monoisotopic (exact) mass is 256 g/mol. The second kappa shape index (κ2) is 6.05. The fraction of sp³-hybridized carbons (Fsp3) is 0.538. The molecule has 0 aromatic heterocycles. The molecule has 0 aliphatic carbocycles. The summed E-state index contributed by atoms with van der Waals surface area (Å²) >= 11 is 0. The molecule has 0 atom stereocenters. The Labute approximate surface area is 104 Å². The lowest BCUT2D eigenvalue weighted by Gasteiger charge is -2.11. The number of hydrogen-bond acceptors (Lipinski definition) is 3. The maximum atomic E-state index is 11.3. The van der Waals surface area contributed by atoms with Crippen molar-refractivity contribution in [2.75, 3.05) is 18.1 Å². The average molecular weight is 256 g/mol. The van der Waals surface area contributed by atoms with Crippen LogP contribution in [-0.2, 0) is 9.84 Å². The molecule has 0 spiro atoms. The topological polar surface area (TPSA) is 43.4 Å². The van der Waals surface area contributed by atoms with E-state index in [1.54, 1.807) is 6.92 Å². The van der Waals surface area contributed by atoms with Gasteiger partial charge in [-0.2, -0.15) is 0 Å². The first-order chi connectivity index (χ1) is 7.96. The molecule has 0 amide bonds. The van der Waals surface area contributed by atoms with Crippen molar-refractivity contribution in [3.63, 3.8) is 0 Å². The Kier molecular flexibility index (Phi) is 5.00. The normalized spacial score (nSPS) is 11.5. The maximum absolute atomic E-state index is 11.3. The predicted octanol–water partition coefficient (Wildman–Crippen LogP) is 2.51. The number of aryl methyl sites for hydroxylation is 2. The molecule has 0 unspecified atom stereocenters. The lowest BCUT2D eigenvalue weighted by Crippen LogP contribution is -2.12. The van der Waals surface area contributed by atoms with Crippen LogP contribution in [0.25, 0.3) is 0 Å². The Morgan fingerprint density at radius 2 is 1.76 bits per heavy atom. The van der Waals surface area contributed by atoms with Gasteiger partial charge in [-0.15, -0.1) is 0 Å². The van der Waals surface area contributed by atoms with Crippen molar-refractivity contribution in [3.05, 3.63) is 29.3 Å². The molecular weight excluding hydrogens is 236 g/mol. The lowest BCUT2D eigenvalue weighted by atomic mass is 10.1. The van der Waals surface area contributed by atoms with E-state index < -0.39 is 9.84 Å². The first-order valence-electron chi connectivity index (χ1n) is 5.85. The molecule has 1 aromatic carbocycles. The summed E-state index contributed by atoms with van der Waals surface area (Å²) in [5, 5.41) is 0. The molecule has 3 nitrogen and oxygen atoms in total. The molecule has 0 radical (unpaired) electrons. The second-order valence-corrected chi connectivity index (χ2v) is 6.63. The SMILES string of the molecule is CCS(=O)(=O)CCCOc1c(C)cccc1C. The Balaban J connectivity index is 2.47. The van der Waals surface area contributed by atoms with Gasteiger partial charge in [0.15, 0.2) is 0 Å². The van der Waals surface area contributed by atoms with E-state index in [0.717, 1.165) is 16.9 Å². The van der Waals surface area contributed by atoms with Gasteiger partial charge < -0.3 is 4.74 Å². The van der Waals surface area contributed by atoms with Crippen LogP contribution in [0.1, 0.15) is 24.5 Å². The molecule has 0 bridgehead atoms. The summed E-state index contributed by atoms with van der Waals surface area (Å²) in [4.78, 5) is 0. The maximum Gasteiger partial charge on any atom is 0.150 e. The third-order valence-corrected chi connectivity index (χ3v) is 4.49. The molecule has 0 aliphatic rings. The Bertz CT molecular complexity index is 443. The summed E-state index contributed by atoms with van der Waals surface area (Å²) in [5.41, 5.74) is 2.17. The lowest BCUT2D eigenvalue weighted by molar-refractivity contribution is 0.313. The largest absolute Gasteiger partial charge is 0.493 e. The minimum absolute atomic E-state index is 0.203. The number of hydrogen-bond donors (Lipinski definition) is 0. The quantitative estimate of drug-likeness (QED) is 0.734. The summed E-state index contributed by atoms with van der Waals surface area (Å²) in [7, 11) is -2.87. The zero-order valence-electron chi connectivity index (χ0n) is 10.7. The Morgan fingerprint density at radius 1 is 1.18 bits per heavy atom. The summed E-state index contributed by atoms with van der Waals surface area (Å²) in [6.07, 6.45) is 0.546. The van der Waals surface area contributed by atoms with Gasteiger partial charge >= 0.3 is 0 Å². The van der Waals surface area contributed by atoms with E-state index >= 15 is 0 Å². The molecule has 0 heterocycles. The molecular formula is C13H20O3S. The van der Waals surface area contributed by atoms with Gasteiger partial charge in [-0.05, 0) is 31.4 Å². The fourth-order valence-electron chi connectivity index (χ4n) is 1.62.